The third-order valence-corrected chi connectivity index (χ3v) is 1.38. The van der Waals surface area contributed by atoms with Crippen LogP contribution in [0.5, 0.6) is 0 Å². The van der Waals surface area contributed by atoms with Crippen LogP contribution in [0.2, 0.25) is 0 Å². The van der Waals surface area contributed by atoms with Crippen LogP contribution < -0.4 is 3.97 Å². The van der Waals surface area contributed by atoms with Gasteiger partial charge in [0.1, 0.15) is 12.4 Å². The number of rotatable bonds is 1. The van der Waals surface area contributed by atoms with Gasteiger partial charge in [-0.25, -0.2) is 4.98 Å². The number of hydrogen-bond acceptors (Lipinski definition) is 1. The van der Waals surface area contributed by atoms with Crippen LogP contribution in [0, 0.1) is 0 Å². The molecule has 0 saturated carbocycles. The van der Waals surface area contributed by atoms with E-state index in [-0.39, 0.29) is 0 Å². The van der Waals surface area contributed by atoms with Gasteiger partial charge < -0.3 is 0 Å². The van der Waals surface area contributed by atoms with Crippen molar-refractivity contribution in [2.24, 2.45) is 0 Å². The first-order chi connectivity index (χ1) is 3.43. The minimum Gasteiger partial charge on any atom is -0.249 e. The van der Waals surface area contributed by atoms with Crippen molar-refractivity contribution in [3.05, 3.63) is 18.7 Å². The quantitative estimate of drug-likeness (QED) is 0.526. The van der Waals surface area contributed by atoms with Gasteiger partial charge in [-0.15, -0.1) is 0 Å². The first-order valence-electron chi connectivity index (χ1n) is 2.02. The van der Waals surface area contributed by atoms with Gasteiger partial charge in [0.15, 0.2) is 0 Å². The van der Waals surface area contributed by atoms with E-state index in [1.165, 1.54) is 0 Å². The number of imidazole rings is 1. The van der Waals surface area contributed by atoms with Gasteiger partial charge in [-0.3, -0.25) is 0 Å². The number of aromatic nitrogens is 2. The van der Waals surface area contributed by atoms with Gasteiger partial charge in [-0.2, -0.15) is 3.97 Å². The average molecular weight is 115 g/mol. The molecule has 0 aromatic carbocycles. The molecule has 1 aromatic heterocycles. The third-order valence-electron chi connectivity index (χ3n) is 0.730. The molecule has 38 valence electrons. The number of hydrogen-bond donors (Lipinski definition) is 1. The molecule has 0 radical (unpaired) electrons. The van der Waals surface area contributed by atoms with E-state index in [4.69, 9.17) is 0 Å². The van der Waals surface area contributed by atoms with Gasteiger partial charge in [-0.1, -0.05) is 0 Å². The zero-order chi connectivity index (χ0) is 5.11. The van der Waals surface area contributed by atoms with Crippen molar-refractivity contribution in [1.82, 2.24) is 4.98 Å². The first-order valence-corrected chi connectivity index (χ1v) is 3.20. The number of nitrogens with zero attached hydrogens (tertiary/aromatic N) is 1. The number of aromatic amines is 1. The zero-order valence-electron chi connectivity index (χ0n) is 4.09. The Morgan fingerprint density at radius 2 is 2.57 bits per heavy atom. The van der Waals surface area contributed by atoms with Crippen LogP contribution in [0.3, 0.4) is 0 Å². The molecule has 0 spiro atoms. The van der Waals surface area contributed by atoms with Crippen molar-refractivity contribution < 1.29 is 3.97 Å². The molecule has 0 aliphatic rings. The molecule has 1 N–H and O–H groups in total. The van der Waals surface area contributed by atoms with Crippen LogP contribution in [-0.2, 0) is 0 Å². The molecule has 0 fully saturated rings. The Balaban J connectivity index is 2.76. The van der Waals surface area contributed by atoms with Crippen LogP contribution >= 0.6 is 11.9 Å². The minimum absolute atomic E-state index is 1.66. The molecule has 0 aliphatic carbocycles. The van der Waals surface area contributed by atoms with Gasteiger partial charge in [0.25, 0.3) is 6.33 Å². The first kappa shape index (κ1) is 4.71. The highest BCUT2D eigenvalue weighted by Gasteiger charge is 1.87. The Morgan fingerprint density at radius 1 is 1.71 bits per heavy atom. The molecule has 7 heavy (non-hydrogen) atoms. The van der Waals surface area contributed by atoms with Crippen LogP contribution in [0.1, 0.15) is 0 Å². The summed E-state index contributed by atoms with van der Waals surface area (Å²) in [6.07, 6.45) is 7.76. The fourth-order valence-electron chi connectivity index (χ4n) is 0.390. The van der Waals surface area contributed by atoms with Crippen molar-refractivity contribution in [1.29, 1.82) is 0 Å². The SMILES string of the molecule is CS[n+]1cc[nH]c1. The zero-order valence-corrected chi connectivity index (χ0v) is 4.90. The van der Waals surface area contributed by atoms with E-state index in [2.05, 4.69) is 4.98 Å². The van der Waals surface area contributed by atoms with E-state index in [1.54, 1.807) is 11.9 Å². The topological polar surface area (TPSA) is 19.7 Å². The molecule has 3 heteroatoms. The molecule has 2 nitrogen and oxygen atoms in total. The normalized spacial score (nSPS) is 9.29. The summed E-state index contributed by atoms with van der Waals surface area (Å²) in [7, 11) is 0. The molecular weight excluding hydrogens is 108 g/mol. The summed E-state index contributed by atoms with van der Waals surface area (Å²) in [5, 5.41) is 0. The van der Waals surface area contributed by atoms with Gasteiger partial charge in [-0.05, 0) is 0 Å². The lowest BCUT2D eigenvalue weighted by molar-refractivity contribution is -0.491. The van der Waals surface area contributed by atoms with Crippen molar-refractivity contribution in [3.8, 4) is 0 Å². The summed E-state index contributed by atoms with van der Waals surface area (Å²) in [5.41, 5.74) is 0. The molecule has 1 rings (SSSR count). The second kappa shape index (κ2) is 2.02. The Labute approximate surface area is 46.7 Å². The maximum absolute atomic E-state index is 2.92. The van der Waals surface area contributed by atoms with Crippen molar-refractivity contribution >= 4 is 11.9 Å². The summed E-state index contributed by atoms with van der Waals surface area (Å²) in [4.78, 5) is 2.92. The molecule has 1 aromatic rings. The Bertz CT molecular complexity index is 124. The van der Waals surface area contributed by atoms with E-state index < -0.39 is 0 Å². The summed E-state index contributed by atoms with van der Waals surface area (Å²) >= 11 is 1.66. The third kappa shape index (κ3) is 0.962. The molecule has 0 bridgehead atoms. The molecule has 0 atom stereocenters. The number of H-pyrrole nitrogens is 1. The Hall–Kier alpha value is -0.440. The van der Waals surface area contributed by atoms with Crippen molar-refractivity contribution in [2.45, 2.75) is 0 Å². The fourth-order valence-corrected chi connectivity index (χ4v) is 0.738. The second-order valence-corrected chi connectivity index (χ2v) is 1.94. The molecular formula is C4H7N2S+. The summed E-state index contributed by atoms with van der Waals surface area (Å²) in [6.45, 7) is 0. The Morgan fingerprint density at radius 3 is 2.86 bits per heavy atom. The van der Waals surface area contributed by atoms with E-state index in [9.17, 15) is 0 Å². The fraction of sp³-hybridized carbons (Fsp3) is 0.250. The minimum atomic E-state index is 1.66. The standard InChI is InChI=1S/C4H6N2S/c1-7-6-3-2-5-4-6/h2-4H,1H3/p+1. The highest BCUT2D eigenvalue weighted by atomic mass is 32.2. The molecule has 1 heterocycles. The van der Waals surface area contributed by atoms with Crippen LogP contribution in [-0.4, -0.2) is 11.2 Å². The molecule has 0 amide bonds. The summed E-state index contributed by atoms with van der Waals surface area (Å²) in [5.74, 6) is 0. The van der Waals surface area contributed by atoms with Crippen LogP contribution in [0.4, 0.5) is 0 Å². The summed E-state index contributed by atoms with van der Waals surface area (Å²) in [6, 6.07) is 0. The monoisotopic (exact) mass is 115 g/mol. The largest absolute Gasteiger partial charge is 0.253 e. The highest BCUT2D eigenvalue weighted by molar-refractivity contribution is 7.92. The van der Waals surface area contributed by atoms with Crippen LogP contribution in [0.25, 0.3) is 0 Å². The second-order valence-electron chi connectivity index (χ2n) is 1.15. The maximum atomic E-state index is 2.92. The average Bonchev–Trinajstić information content (AvgIpc) is 2.14. The predicted octanol–water partition coefficient (Wildman–Crippen LogP) is 0.428. The van der Waals surface area contributed by atoms with E-state index in [1.807, 2.05) is 28.9 Å². The lowest BCUT2D eigenvalue weighted by Gasteiger charge is -1.76. The lowest BCUT2D eigenvalue weighted by atomic mass is 11.0. The van der Waals surface area contributed by atoms with Gasteiger partial charge in [0.05, 0.1) is 11.9 Å². The predicted molar refractivity (Wildman–Crippen MR) is 29.9 cm³/mol. The van der Waals surface area contributed by atoms with Crippen molar-refractivity contribution in [3.63, 3.8) is 0 Å². The van der Waals surface area contributed by atoms with E-state index in [0.717, 1.165) is 0 Å². The summed E-state index contributed by atoms with van der Waals surface area (Å²) < 4.78 is 1.99. The van der Waals surface area contributed by atoms with E-state index in [0.29, 0.717) is 0 Å². The van der Waals surface area contributed by atoms with Crippen molar-refractivity contribution in [2.75, 3.05) is 6.26 Å². The highest BCUT2D eigenvalue weighted by Crippen LogP contribution is 1.79. The number of nitrogens with one attached hydrogen (secondary N) is 1. The molecule has 0 unspecified atom stereocenters. The lowest BCUT2D eigenvalue weighted by Crippen LogP contribution is -2.18. The maximum Gasteiger partial charge on any atom is 0.253 e. The molecule has 0 saturated heterocycles. The van der Waals surface area contributed by atoms with Gasteiger partial charge in [0.2, 0.25) is 0 Å². The molecule has 0 aliphatic heterocycles. The Kier molecular flexibility index (Phi) is 1.36. The van der Waals surface area contributed by atoms with Gasteiger partial charge in [0, 0.05) is 6.26 Å². The van der Waals surface area contributed by atoms with Gasteiger partial charge >= 0.3 is 0 Å². The van der Waals surface area contributed by atoms with E-state index >= 15 is 0 Å². The smallest absolute Gasteiger partial charge is 0.249 e. The van der Waals surface area contributed by atoms with Crippen LogP contribution in [0.15, 0.2) is 18.7 Å².